The summed E-state index contributed by atoms with van der Waals surface area (Å²) in [6, 6.07) is 29.0. The highest BCUT2D eigenvalue weighted by Crippen LogP contribution is 2.24. The lowest BCUT2D eigenvalue weighted by Gasteiger charge is -2.21. The van der Waals surface area contributed by atoms with Crippen LogP contribution in [0.4, 0.5) is 0 Å². The summed E-state index contributed by atoms with van der Waals surface area (Å²) in [4.78, 5) is 31.7. The quantitative estimate of drug-likeness (QED) is 0.212. The van der Waals surface area contributed by atoms with E-state index in [1.54, 1.807) is 24.3 Å². The molecule has 0 spiro atoms. The smallest absolute Gasteiger partial charge is 0.332 e. The first kappa shape index (κ1) is 27.8. The number of aliphatic hydroxyl groups is 1. The monoisotopic (exact) mass is 570 g/mol. The molecule has 1 aromatic heterocycles. The van der Waals surface area contributed by atoms with Crippen molar-refractivity contribution in [3.8, 4) is 11.1 Å². The fourth-order valence-corrected chi connectivity index (χ4v) is 4.65. The molecule has 3 N–H and O–H groups in total. The maximum Gasteiger partial charge on any atom is 0.332 e. The second-order valence-corrected chi connectivity index (χ2v) is 10.0. The van der Waals surface area contributed by atoms with Crippen LogP contribution < -0.4 is 10.2 Å². The van der Waals surface area contributed by atoms with Crippen LogP contribution in [-0.4, -0.2) is 49.4 Å². The number of aliphatic carboxylic acids is 1. The van der Waals surface area contributed by atoms with Gasteiger partial charge in [0.2, 0.25) is 0 Å². The molecule has 5 rings (SSSR count). The van der Waals surface area contributed by atoms with Crippen molar-refractivity contribution in [2.45, 2.75) is 31.6 Å². The molecular formula is C31H27ClN4O5. The zero-order chi connectivity index (χ0) is 28.8. The Bertz CT molecular complexity index is 1660. The van der Waals surface area contributed by atoms with E-state index in [-0.39, 0.29) is 13.0 Å². The minimum atomic E-state index is -1.63. The van der Waals surface area contributed by atoms with Crippen molar-refractivity contribution < 1.29 is 24.6 Å². The van der Waals surface area contributed by atoms with Gasteiger partial charge in [0.05, 0.1) is 0 Å². The van der Waals surface area contributed by atoms with Gasteiger partial charge < -0.3 is 20.4 Å². The van der Waals surface area contributed by atoms with Gasteiger partial charge in [-0.1, -0.05) is 83.2 Å². The van der Waals surface area contributed by atoms with E-state index >= 15 is 0 Å². The fourth-order valence-electron chi connectivity index (χ4n) is 4.46. The third-order valence-corrected chi connectivity index (χ3v) is 6.83. The molecule has 0 aliphatic rings. The predicted octanol–water partition coefficient (Wildman–Crippen LogP) is 4.56. The predicted molar refractivity (Wildman–Crippen MR) is 154 cm³/mol. The van der Waals surface area contributed by atoms with E-state index in [4.69, 9.17) is 16.4 Å². The minimum absolute atomic E-state index is 0.168. The van der Waals surface area contributed by atoms with Gasteiger partial charge in [-0.05, 0) is 64.2 Å². The van der Waals surface area contributed by atoms with Crippen molar-refractivity contribution in [2.75, 3.05) is 0 Å². The highest BCUT2D eigenvalue weighted by molar-refractivity contribution is 6.30. The lowest BCUT2D eigenvalue weighted by molar-refractivity contribution is -0.147. The molecule has 0 saturated heterocycles. The molecule has 2 atom stereocenters. The second-order valence-electron chi connectivity index (χ2n) is 9.60. The highest BCUT2D eigenvalue weighted by Gasteiger charge is 2.23. The van der Waals surface area contributed by atoms with Gasteiger partial charge in [-0.25, -0.2) is 4.79 Å². The molecule has 0 saturated carbocycles. The van der Waals surface area contributed by atoms with E-state index in [1.807, 2.05) is 72.8 Å². The van der Waals surface area contributed by atoms with Crippen molar-refractivity contribution in [3.63, 3.8) is 0 Å². The molecule has 0 bridgehead atoms. The molecule has 4 aromatic carbocycles. The number of rotatable bonds is 11. The Balaban J connectivity index is 1.31. The fraction of sp³-hybridized carbons (Fsp3) is 0.161. The van der Waals surface area contributed by atoms with Gasteiger partial charge in [-0.15, -0.1) is 5.10 Å². The van der Waals surface area contributed by atoms with Gasteiger partial charge >= 0.3 is 5.97 Å². The first-order valence-electron chi connectivity index (χ1n) is 12.9. The number of nitrogens with zero attached hydrogens (tertiary/aromatic N) is 3. The number of hydrogen-bond donors (Lipinski definition) is 3. The molecule has 2 unspecified atom stereocenters. The van der Waals surface area contributed by atoms with E-state index in [1.165, 1.54) is 4.85 Å². The molecule has 5 aromatic rings. The lowest BCUT2D eigenvalue weighted by atomic mass is 9.97. The van der Waals surface area contributed by atoms with Crippen LogP contribution in [0.1, 0.15) is 27.9 Å². The van der Waals surface area contributed by atoms with Crippen LogP contribution >= 0.6 is 11.6 Å². The van der Waals surface area contributed by atoms with Crippen LogP contribution in [-0.2, 0) is 17.8 Å². The van der Waals surface area contributed by atoms with E-state index in [0.29, 0.717) is 28.0 Å². The van der Waals surface area contributed by atoms with Crippen LogP contribution in [0, 0.1) is 0 Å². The Labute approximate surface area is 240 Å². The van der Waals surface area contributed by atoms with Crippen molar-refractivity contribution >= 4 is 34.5 Å². The van der Waals surface area contributed by atoms with Crippen molar-refractivity contribution in [1.82, 2.24) is 20.5 Å². The summed E-state index contributed by atoms with van der Waals surface area (Å²) in [5, 5.41) is 31.0. The molecular weight excluding hydrogens is 544 g/mol. The van der Waals surface area contributed by atoms with E-state index in [9.17, 15) is 19.8 Å². The summed E-state index contributed by atoms with van der Waals surface area (Å²) in [6.45, 7) is 0.265. The summed E-state index contributed by atoms with van der Waals surface area (Å²) < 4.78 is 0. The van der Waals surface area contributed by atoms with Gasteiger partial charge in [0.1, 0.15) is 17.6 Å². The number of benzene rings is 4. The van der Waals surface area contributed by atoms with E-state index < -0.39 is 24.0 Å². The summed E-state index contributed by atoms with van der Waals surface area (Å²) in [7, 11) is 0. The normalized spacial score (nSPS) is 12.5. The number of hydrogen-bond acceptors (Lipinski definition) is 6. The van der Waals surface area contributed by atoms with Crippen molar-refractivity contribution in [2.24, 2.45) is 0 Å². The largest absolute Gasteiger partial charge is 0.479 e. The van der Waals surface area contributed by atoms with Gasteiger partial charge in [-0.3, -0.25) is 4.79 Å². The maximum absolute atomic E-state index is 13.3. The van der Waals surface area contributed by atoms with Crippen LogP contribution in [0.3, 0.4) is 0 Å². The van der Waals surface area contributed by atoms with E-state index in [2.05, 4.69) is 15.6 Å². The lowest BCUT2D eigenvalue weighted by Crippen LogP contribution is -2.40. The van der Waals surface area contributed by atoms with Gasteiger partial charge in [0.15, 0.2) is 6.10 Å². The minimum Gasteiger partial charge on any atom is -0.479 e. The van der Waals surface area contributed by atoms with Crippen LogP contribution in [0.25, 0.3) is 22.2 Å². The van der Waals surface area contributed by atoms with Gasteiger partial charge in [0.25, 0.3) is 5.91 Å². The Kier molecular flexibility index (Phi) is 8.57. The zero-order valence-corrected chi connectivity index (χ0v) is 22.6. The topological polar surface area (TPSA) is 127 Å². The molecule has 10 heteroatoms. The zero-order valence-electron chi connectivity index (χ0n) is 21.9. The Morgan fingerprint density at radius 3 is 2.41 bits per heavy atom. The first-order chi connectivity index (χ1) is 19.9. The molecule has 0 fully saturated rings. The molecule has 1 heterocycles. The molecule has 1 amide bonds. The number of carboxylic acids is 1. The third-order valence-electron chi connectivity index (χ3n) is 6.60. The van der Waals surface area contributed by atoms with Crippen molar-refractivity contribution in [1.29, 1.82) is 0 Å². The number of aromatic nitrogens is 3. The van der Waals surface area contributed by atoms with Gasteiger partial charge in [-0.2, -0.15) is 0 Å². The third kappa shape index (κ3) is 7.08. The number of amides is 1. The molecule has 208 valence electrons. The maximum atomic E-state index is 13.3. The average molecular weight is 571 g/mol. The molecule has 0 aliphatic carbocycles. The number of carboxylic acid groups (broad SMARTS) is 1. The number of carbonyl (C=O) groups excluding carboxylic acids is 1. The molecule has 0 radical (unpaired) electrons. The number of nitrogens with one attached hydrogen (secondary N) is 1. The molecule has 41 heavy (non-hydrogen) atoms. The Hall–Kier alpha value is -4.73. The Morgan fingerprint density at radius 2 is 1.68 bits per heavy atom. The van der Waals surface area contributed by atoms with E-state index in [0.717, 1.165) is 22.3 Å². The first-order valence-corrected chi connectivity index (χ1v) is 13.3. The average Bonchev–Trinajstić information content (AvgIpc) is 3.39. The summed E-state index contributed by atoms with van der Waals surface area (Å²) in [5.41, 5.74) is 5.12. The number of halogens is 1. The summed E-state index contributed by atoms with van der Waals surface area (Å²) in [6.07, 6.45) is -1.49. The number of fused-ring (bicyclic) bond motifs is 1. The number of carbonyl (C=O) groups is 2. The van der Waals surface area contributed by atoms with Gasteiger partial charge in [0, 0.05) is 23.0 Å². The highest BCUT2D eigenvalue weighted by atomic mass is 35.5. The second kappa shape index (κ2) is 12.6. The SMILES string of the molecule is O=C(NC(Cc1ccc(-c2cccc(Cl)c2)cc1)CC(O)C(=O)O)c1ccc2nnn(OCc3ccccc3)c2c1. The molecule has 0 aliphatic heterocycles. The number of aliphatic hydroxyl groups excluding tert-OH is 1. The standard InChI is InChI=1S/C31H27ClN4O5/c32-25-8-4-7-23(16-25)22-11-9-20(10-12-22)15-26(18-29(37)31(39)40)33-30(38)24-13-14-27-28(17-24)36(35-34-27)41-19-21-5-2-1-3-6-21/h1-14,16-17,26,29,37H,15,18-19H2,(H,33,38)(H,39,40). The van der Waals surface area contributed by atoms with Crippen LogP contribution in [0.15, 0.2) is 97.1 Å². The van der Waals surface area contributed by atoms with Crippen LogP contribution in [0.5, 0.6) is 0 Å². The summed E-state index contributed by atoms with van der Waals surface area (Å²) in [5.74, 6) is -1.78. The Morgan fingerprint density at radius 1 is 0.902 bits per heavy atom. The molecule has 9 nitrogen and oxygen atoms in total. The summed E-state index contributed by atoms with van der Waals surface area (Å²) >= 11 is 6.12. The van der Waals surface area contributed by atoms with Crippen molar-refractivity contribution in [3.05, 3.63) is 119 Å². The van der Waals surface area contributed by atoms with Crippen LogP contribution in [0.2, 0.25) is 5.02 Å².